The number of hydrogen-bond acceptors (Lipinski definition) is 5. The number of hydrogen-bond donors (Lipinski definition) is 2. The first kappa shape index (κ1) is 14.0. The van der Waals surface area contributed by atoms with E-state index in [1.165, 1.54) is 19.3 Å². The van der Waals surface area contributed by atoms with Crippen LogP contribution in [0, 0.1) is 24.7 Å². The van der Waals surface area contributed by atoms with Crippen LogP contribution >= 0.6 is 11.3 Å². The summed E-state index contributed by atoms with van der Waals surface area (Å²) in [5, 5.41) is 0.318. The Balaban J connectivity index is 1.65. The molecule has 21 heavy (non-hydrogen) atoms. The van der Waals surface area contributed by atoms with Crippen LogP contribution in [-0.2, 0) is 10.0 Å². The molecule has 116 valence electrons. The van der Waals surface area contributed by atoms with Gasteiger partial charge in [0.1, 0.15) is 0 Å². The summed E-state index contributed by atoms with van der Waals surface area (Å²) in [6.07, 6.45) is 6.91. The molecule has 0 aromatic carbocycles. The fraction of sp³-hybridized carbons (Fsp3) is 0.786. The summed E-state index contributed by atoms with van der Waals surface area (Å²) in [6, 6.07) is 0. The van der Waals surface area contributed by atoms with Crippen molar-refractivity contribution in [1.82, 2.24) is 9.71 Å². The Morgan fingerprint density at radius 1 is 1.19 bits per heavy atom. The number of aromatic nitrogens is 1. The number of sulfonamides is 1. The summed E-state index contributed by atoms with van der Waals surface area (Å²) in [4.78, 5) is 4.05. The minimum Gasteiger partial charge on any atom is -0.375 e. The molecule has 5 nitrogen and oxygen atoms in total. The van der Waals surface area contributed by atoms with Gasteiger partial charge >= 0.3 is 0 Å². The number of rotatable bonds is 3. The van der Waals surface area contributed by atoms with E-state index >= 15 is 0 Å². The third-order valence-electron chi connectivity index (χ3n) is 5.40. The second-order valence-electron chi connectivity index (χ2n) is 7.23. The third-order valence-corrected chi connectivity index (χ3v) is 8.58. The highest BCUT2D eigenvalue weighted by Crippen LogP contribution is 2.56. The SMILES string of the molecule is Cc1nc(N)sc1S(=O)(=O)NC12CC3CC(CC(C3)C1)C2. The molecule has 4 aliphatic carbocycles. The van der Waals surface area contributed by atoms with Crippen molar-refractivity contribution < 1.29 is 8.42 Å². The molecule has 0 amide bonds. The van der Waals surface area contributed by atoms with Crippen LogP contribution in [0.3, 0.4) is 0 Å². The van der Waals surface area contributed by atoms with Crippen LogP contribution in [0.15, 0.2) is 4.21 Å². The number of nitrogens with one attached hydrogen (secondary N) is 1. The molecule has 0 aliphatic heterocycles. The van der Waals surface area contributed by atoms with E-state index in [0.717, 1.165) is 30.6 Å². The minimum atomic E-state index is -3.51. The van der Waals surface area contributed by atoms with Gasteiger partial charge in [-0.25, -0.2) is 18.1 Å². The van der Waals surface area contributed by atoms with Crippen molar-refractivity contribution in [2.24, 2.45) is 17.8 Å². The monoisotopic (exact) mass is 327 g/mol. The van der Waals surface area contributed by atoms with E-state index in [2.05, 4.69) is 9.71 Å². The molecule has 3 N–H and O–H groups in total. The number of nitrogen functional groups attached to an aromatic ring is 1. The molecule has 0 spiro atoms. The average Bonchev–Trinajstić information content (AvgIpc) is 2.65. The standard InChI is InChI=1S/C14H21N3O2S2/c1-8-12(20-13(15)16-8)21(18,19)17-14-5-9-2-10(6-14)4-11(3-9)7-14/h9-11,17H,2-7H2,1H3,(H2,15,16). The molecule has 0 unspecified atom stereocenters. The first-order chi connectivity index (χ1) is 9.85. The highest BCUT2D eigenvalue weighted by molar-refractivity contribution is 7.91. The molecule has 5 rings (SSSR count). The largest absolute Gasteiger partial charge is 0.375 e. The van der Waals surface area contributed by atoms with Crippen LogP contribution in [0.5, 0.6) is 0 Å². The van der Waals surface area contributed by atoms with Gasteiger partial charge in [-0.3, -0.25) is 0 Å². The summed E-state index contributed by atoms with van der Waals surface area (Å²) >= 11 is 1.07. The van der Waals surface area contributed by atoms with Gasteiger partial charge in [0.2, 0.25) is 0 Å². The second-order valence-corrected chi connectivity index (χ2v) is 10.1. The molecule has 4 saturated carbocycles. The second kappa shape index (κ2) is 4.43. The first-order valence-corrected chi connectivity index (χ1v) is 9.92. The predicted octanol–water partition coefficient (Wildman–Crippen LogP) is 2.28. The lowest BCUT2D eigenvalue weighted by Gasteiger charge is -2.56. The van der Waals surface area contributed by atoms with Gasteiger partial charge in [-0.05, 0) is 63.2 Å². The number of anilines is 1. The van der Waals surface area contributed by atoms with Crippen LogP contribution in [0.25, 0.3) is 0 Å². The van der Waals surface area contributed by atoms with Gasteiger partial charge in [-0.1, -0.05) is 11.3 Å². The zero-order chi connectivity index (χ0) is 14.8. The van der Waals surface area contributed by atoms with Crippen LogP contribution < -0.4 is 10.5 Å². The maximum atomic E-state index is 12.8. The lowest BCUT2D eigenvalue weighted by molar-refractivity contribution is -0.00808. The Kier molecular flexibility index (Phi) is 2.94. The molecule has 0 radical (unpaired) electrons. The fourth-order valence-electron chi connectivity index (χ4n) is 5.22. The molecular formula is C14H21N3O2S2. The van der Waals surface area contributed by atoms with Gasteiger partial charge in [-0.15, -0.1) is 0 Å². The molecule has 1 aromatic rings. The molecule has 0 saturated heterocycles. The molecule has 4 bridgehead atoms. The summed E-state index contributed by atoms with van der Waals surface area (Å²) in [5.74, 6) is 2.14. The number of nitrogens with two attached hydrogens (primary N) is 1. The Morgan fingerprint density at radius 3 is 2.14 bits per heavy atom. The smallest absolute Gasteiger partial charge is 0.252 e. The zero-order valence-electron chi connectivity index (χ0n) is 12.1. The van der Waals surface area contributed by atoms with E-state index in [1.807, 2.05) is 0 Å². The van der Waals surface area contributed by atoms with E-state index < -0.39 is 10.0 Å². The van der Waals surface area contributed by atoms with Crippen LogP contribution in [0.4, 0.5) is 5.13 Å². The summed E-state index contributed by atoms with van der Waals surface area (Å²) in [7, 11) is -3.51. The van der Waals surface area contributed by atoms with E-state index in [1.54, 1.807) is 6.92 Å². The van der Waals surface area contributed by atoms with Gasteiger partial charge in [0.25, 0.3) is 10.0 Å². The Morgan fingerprint density at radius 2 is 1.71 bits per heavy atom. The zero-order valence-corrected chi connectivity index (χ0v) is 13.8. The van der Waals surface area contributed by atoms with Crippen molar-refractivity contribution in [1.29, 1.82) is 0 Å². The first-order valence-electron chi connectivity index (χ1n) is 7.62. The maximum absolute atomic E-state index is 12.8. The van der Waals surface area contributed by atoms with Gasteiger partial charge in [-0.2, -0.15) is 0 Å². The normalized spacial score (nSPS) is 38.0. The predicted molar refractivity (Wildman–Crippen MR) is 82.5 cm³/mol. The number of nitrogens with zero attached hydrogens (tertiary/aromatic N) is 1. The quantitative estimate of drug-likeness (QED) is 0.892. The van der Waals surface area contributed by atoms with Gasteiger partial charge in [0, 0.05) is 5.54 Å². The van der Waals surface area contributed by atoms with Crippen molar-refractivity contribution in [3.05, 3.63) is 5.69 Å². The molecule has 1 aromatic heterocycles. The summed E-state index contributed by atoms with van der Waals surface area (Å²) in [5.41, 5.74) is 5.95. The van der Waals surface area contributed by atoms with Crippen molar-refractivity contribution in [2.45, 2.75) is 55.2 Å². The lowest BCUT2D eigenvalue weighted by Crippen LogP contribution is -2.59. The Bertz CT molecular complexity index is 645. The molecule has 1 heterocycles. The summed E-state index contributed by atoms with van der Waals surface area (Å²) in [6.45, 7) is 1.71. The van der Waals surface area contributed by atoms with Crippen LogP contribution in [0.2, 0.25) is 0 Å². The molecule has 4 fully saturated rings. The highest BCUT2D eigenvalue weighted by Gasteiger charge is 2.52. The minimum absolute atomic E-state index is 0.210. The summed E-state index contributed by atoms with van der Waals surface area (Å²) < 4.78 is 28.9. The highest BCUT2D eigenvalue weighted by atomic mass is 32.2. The van der Waals surface area contributed by atoms with E-state index in [0.29, 0.717) is 28.6 Å². The van der Waals surface area contributed by atoms with Gasteiger partial charge < -0.3 is 5.73 Å². The number of thiazole rings is 1. The van der Waals surface area contributed by atoms with Crippen molar-refractivity contribution in [2.75, 3.05) is 5.73 Å². The molecular weight excluding hydrogens is 306 g/mol. The third kappa shape index (κ3) is 2.29. The van der Waals surface area contributed by atoms with Crippen molar-refractivity contribution >= 4 is 26.5 Å². The maximum Gasteiger partial charge on any atom is 0.252 e. The van der Waals surface area contributed by atoms with Crippen LogP contribution in [0.1, 0.15) is 44.2 Å². The molecule has 0 atom stereocenters. The van der Waals surface area contributed by atoms with Crippen molar-refractivity contribution in [3.8, 4) is 0 Å². The van der Waals surface area contributed by atoms with Crippen LogP contribution in [-0.4, -0.2) is 18.9 Å². The average molecular weight is 327 g/mol. The van der Waals surface area contributed by atoms with Crippen molar-refractivity contribution in [3.63, 3.8) is 0 Å². The molecule has 7 heteroatoms. The topological polar surface area (TPSA) is 85.1 Å². The van der Waals surface area contributed by atoms with E-state index in [4.69, 9.17) is 5.73 Å². The number of aryl methyl sites for hydroxylation is 1. The Labute approximate surface area is 129 Å². The van der Waals surface area contributed by atoms with Gasteiger partial charge in [0.15, 0.2) is 9.34 Å². The Hall–Kier alpha value is -0.660. The fourth-order valence-corrected chi connectivity index (χ4v) is 7.95. The van der Waals surface area contributed by atoms with Gasteiger partial charge in [0.05, 0.1) is 5.69 Å². The molecule has 4 aliphatic rings. The van der Waals surface area contributed by atoms with E-state index in [-0.39, 0.29) is 9.75 Å². The van der Waals surface area contributed by atoms with E-state index in [9.17, 15) is 8.42 Å². The lowest BCUT2D eigenvalue weighted by atomic mass is 9.53.